The lowest BCUT2D eigenvalue weighted by atomic mass is 10.1. The molecule has 0 atom stereocenters. The van der Waals surface area contributed by atoms with Crippen LogP contribution in [0.4, 0.5) is 0 Å². The summed E-state index contributed by atoms with van der Waals surface area (Å²) < 4.78 is 0. The second kappa shape index (κ2) is 13.3. The average molecular weight is 171 g/mol. The van der Waals surface area contributed by atoms with Crippen LogP contribution in [0.3, 0.4) is 0 Å². The van der Waals surface area contributed by atoms with E-state index in [1.165, 1.54) is 19.4 Å². The molecule has 1 rings (SSSR count). The van der Waals surface area contributed by atoms with Crippen molar-refractivity contribution >= 4 is 0 Å². The highest BCUT2D eigenvalue weighted by atomic mass is 14.8. The van der Waals surface area contributed by atoms with Gasteiger partial charge in [0.05, 0.1) is 0 Å². The van der Waals surface area contributed by atoms with Gasteiger partial charge in [0.15, 0.2) is 0 Å². The van der Waals surface area contributed by atoms with Crippen LogP contribution < -0.4 is 5.32 Å². The lowest BCUT2D eigenvalue weighted by molar-refractivity contribution is 0.688. The maximum atomic E-state index is 3.27. The van der Waals surface area contributed by atoms with Gasteiger partial charge in [0, 0.05) is 6.54 Å². The zero-order valence-corrected chi connectivity index (χ0v) is 9.41. The summed E-state index contributed by atoms with van der Waals surface area (Å²) in [6, 6.07) is 0. The van der Waals surface area contributed by atoms with E-state index in [0.29, 0.717) is 0 Å². The average Bonchev–Trinajstić information content (AvgIpc) is 2.25. The summed E-state index contributed by atoms with van der Waals surface area (Å²) in [6.07, 6.45) is 4.79. The Labute approximate surface area is 78.3 Å². The van der Waals surface area contributed by atoms with E-state index in [2.05, 4.69) is 18.3 Å². The summed E-state index contributed by atoms with van der Waals surface area (Å²) >= 11 is 0. The van der Waals surface area contributed by atoms with E-state index in [4.69, 9.17) is 0 Å². The summed E-state index contributed by atoms with van der Waals surface area (Å²) in [5.41, 5.74) is 1.61. The molecule has 12 heavy (non-hydrogen) atoms. The zero-order chi connectivity index (χ0) is 9.82. The van der Waals surface area contributed by atoms with Crippen LogP contribution in [0.5, 0.6) is 0 Å². The molecule has 1 aliphatic rings. The third-order valence-electron chi connectivity index (χ3n) is 1.61. The summed E-state index contributed by atoms with van der Waals surface area (Å²) in [4.78, 5) is 0. The highest BCUT2D eigenvalue weighted by molar-refractivity contribution is 5.05. The van der Waals surface area contributed by atoms with Crippen molar-refractivity contribution in [1.82, 2.24) is 5.32 Å². The van der Waals surface area contributed by atoms with E-state index in [9.17, 15) is 0 Å². The minimum absolute atomic E-state index is 1.09. The second-order valence-electron chi connectivity index (χ2n) is 2.17. The Morgan fingerprint density at radius 1 is 1.25 bits per heavy atom. The number of hydrogen-bond donors (Lipinski definition) is 1. The summed E-state index contributed by atoms with van der Waals surface area (Å²) in [7, 11) is 0. The molecule has 1 heteroatoms. The Morgan fingerprint density at radius 2 is 1.83 bits per heavy atom. The van der Waals surface area contributed by atoms with Crippen LogP contribution in [0, 0.1) is 0 Å². The molecule has 0 bridgehead atoms. The van der Waals surface area contributed by atoms with Gasteiger partial charge < -0.3 is 5.32 Å². The smallest absolute Gasteiger partial charge is 0.0137 e. The normalized spacial score (nSPS) is 14.6. The Hall–Kier alpha value is -0.300. The topological polar surface area (TPSA) is 12.0 Å². The fourth-order valence-corrected chi connectivity index (χ4v) is 0.991. The Morgan fingerprint density at radius 3 is 2.08 bits per heavy atom. The lowest BCUT2D eigenvalue weighted by Gasteiger charge is -2.10. The van der Waals surface area contributed by atoms with Crippen LogP contribution in [-0.4, -0.2) is 13.1 Å². The van der Waals surface area contributed by atoms with Gasteiger partial charge in [0.2, 0.25) is 0 Å². The fourth-order valence-electron chi connectivity index (χ4n) is 0.991. The van der Waals surface area contributed by atoms with Gasteiger partial charge in [-0.25, -0.2) is 0 Å². The van der Waals surface area contributed by atoms with Crippen molar-refractivity contribution in [3.8, 4) is 0 Å². The SMILES string of the molecule is CC.CC.CCC1=CCNCC1. The molecule has 0 saturated carbocycles. The van der Waals surface area contributed by atoms with Gasteiger partial charge in [0.1, 0.15) is 0 Å². The van der Waals surface area contributed by atoms with Crippen molar-refractivity contribution in [2.45, 2.75) is 47.5 Å². The first-order valence-corrected chi connectivity index (χ1v) is 5.32. The van der Waals surface area contributed by atoms with E-state index >= 15 is 0 Å². The molecule has 0 saturated heterocycles. The van der Waals surface area contributed by atoms with Crippen LogP contribution in [0.1, 0.15) is 47.5 Å². The maximum absolute atomic E-state index is 3.27. The van der Waals surface area contributed by atoms with E-state index in [-0.39, 0.29) is 0 Å². The third kappa shape index (κ3) is 7.80. The van der Waals surface area contributed by atoms with Gasteiger partial charge in [-0.05, 0) is 19.4 Å². The molecule has 0 radical (unpaired) electrons. The molecule has 0 fully saturated rings. The van der Waals surface area contributed by atoms with Gasteiger partial charge >= 0.3 is 0 Å². The molecular formula is C11H25N. The van der Waals surface area contributed by atoms with Crippen molar-refractivity contribution in [3.05, 3.63) is 11.6 Å². The van der Waals surface area contributed by atoms with Crippen molar-refractivity contribution in [1.29, 1.82) is 0 Å². The van der Waals surface area contributed by atoms with Gasteiger partial charge in [-0.15, -0.1) is 0 Å². The minimum Gasteiger partial charge on any atom is -0.313 e. The highest BCUT2D eigenvalue weighted by Crippen LogP contribution is 2.06. The molecule has 74 valence electrons. The maximum Gasteiger partial charge on any atom is 0.0137 e. The van der Waals surface area contributed by atoms with Crippen LogP contribution in [0.25, 0.3) is 0 Å². The van der Waals surface area contributed by atoms with Crippen molar-refractivity contribution in [3.63, 3.8) is 0 Å². The molecule has 0 aromatic rings. The van der Waals surface area contributed by atoms with Crippen molar-refractivity contribution in [2.24, 2.45) is 0 Å². The zero-order valence-electron chi connectivity index (χ0n) is 9.41. The van der Waals surface area contributed by atoms with E-state index in [0.717, 1.165) is 6.54 Å². The molecular weight excluding hydrogens is 146 g/mol. The molecule has 1 N–H and O–H groups in total. The minimum atomic E-state index is 1.09. The van der Waals surface area contributed by atoms with Crippen molar-refractivity contribution in [2.75, 3.05) is 13.1 Å². The second-order valence-corrected chi connectivity index (χ2v) is 2.17. The number of nitrogens with one attached hydrogen (secondary N) is 1. The largest absolute Gasteiger partial charge is 0.313 e. The fraction of sp³-hybridized carbons (Fsp3) is 0.818. The predicted octanol–water partition coefficient (Wildman–Crippen LogP) is 3.37. The third-order valence-corrected chi connectivity index (χ3v) is 1.61. The van der Waals surface area contributed by atoms with Crippen LogP contribution in [0.15, 0.2) is 11.6 Å². The lowest BCUT2D eigenvalue weighted by Crippen LogP contribution is -2.20. The summed E-state index contributed by atoms with van der Waals surface area (Å²) in [5.74, 6) is 0. The first-order chi connectivity index (χ1) is 5.93. The van der Waals surface area contributed by atoms with E-state index < -0.39 is 0 Å². The number of rotatable bonds is 1. The Bertz CT molecular complexity index is 95.2. The van der Waals surface area contributed by atoms with Gasteiger partial charge in [0.25, 0.3) is 0 Å². The van der Waals surface area contributed by atoms with Crippen LogP contribution >= 0.6 is 0 Å². The Kier molecular flexibility index (Phi) is 15.8. The van der Waals surface area contributed by atoms with Crippen LogP contribution in [-0.2, 0) is 0 Å². The molecule has 0 amide bonds. The van der Waals surface area contributed by atoms with E-state index in [1.807, 2.05) is 27.7 Å². The highest BCUT2D eigenvalue weighted by Gasteiger charge is 1.97. The predicted molar refractivity (Wildman–Crippen MR) is 58.6 cm³/mol. The standard InChI is InChI=1S/C7H13N.2C2H6/c1-2-7-3-5-8-6-4-7;2*1-2/h3,8H,2,4-6H2,1H3;2*1-2H3. The first-order valence-electron chi connectivity index (χ1n) is 5.32. The first kappa shape index (κ1) is 14.2. The number of hydrogen-bond acceptors (Lipinski definition) is 1. The molecule has 1 heterocycles. The summed E-state index contributed by atoms with van der Waals surface area (Å²) in [6.45, 7) is 12.5. The molecule has 1 nitrogen and oxygen atoms in total. The van der Waals surface area contributed by atoms with Gasteiger partial charge in [-0.2, -0.15) is 0 Å². The Balaban J connectivity index is 0. The molecule has 0 aromatic heterocycles. The summed E-state index contributed by atoms with van der Waals surface area (Å²) in [5, 5.41) is 3.27. The van der Waals surface area contributed by atoms with E-state index in [1.54, 1.807) is 5.57 Å². The van der Waals surface area contributed by atoms with Crippen molar-refractivity contribution < 1.29 is 0 Å². The van der Waals surface area contributed by atoms with Gasteiger partial charge in [-0.3, -0.25) is 0 Å². The van der Waals surface area contributed by atoms with Gasteiger partial charge in [-0.1, -0.05) is 46.3 Å². The quantitative estimate of drug-likeness (QED) is 0.596. The molecule has 0 spiro atoms. The van der Waals surface area contributed by atoms with Crippen LogP contribution in [0.2, 0.25) is 0 Å². The molecule has 0 unspecified atom stereocenters. The monoisotopic (exact) mass is 171 g/mol. The molecule has 1 aliphatic heterocycles. The molecule has 0 aliphatic carbocycles. The molecule has 0 aromatic carbocycles.